The number of nitrogens with zero attached hydrogens (tertiary/aromatic N) is 1. The van der Waals surface area contributed by atoms with Crippen molar-refractivity contribution < 1.29 is 14.4 Å². The van der Waals surface area contributed by atoms with Crippen molar-refractivity contribution in [2.75, 3.05) is 13.1 Å². The third kappa shape index (κ3) is 4.03. The minimum absolute atomic E-state index is 0.275. The minimum Gasteiger partial charge on any atom is -0.423 e. The van der Waals surface area contributed by atoms with E-state index in [-0.39, 0.29) is 5.46 Å². The number of likely N-dealkylation sites (tertiary alicyclic amines) is 1. The second kappa shape index (κ2) is 6.50. The van der Waals surface area contributed by atoms with Crippen molar-refractivity contribution in [3.8, 4) is 0 Å². The van der Waals surface area contributed by atoms with Gasteiger partial charge in [0, 0.05) is 6.54 Å². The molecule has 3 nitrogen and oxygen atoms in total. The van der Waals surface area contributed by atoms with E-state index in [4.69, 9.17) is 0 Å². The molecule has 104 valence electrons. The van der Waals surface area contributed by atoms with E-state index < -0.39 is 12.9 Å². The van der Waals surface area contributed by atoms with Gasteiger partial charge >= 0.3 is 7.12 Å². The van der Waals surface area contributed by atoms with E-state index >= 15 is 0 Å². The fraction of sp³-hybridized carbons (Fsp3) is 0.571. The maximum Gasteiger partial charge on any atom is 0.488 e. The van der Waals surface area contributed by atoms with Crippen molar-refractivity contribution in [3.05, 3.63) is 29.6 Å². The van der Waals surface area contributed by atoms with E-state index in [0.29, 0.717) is 6.54 Å². The third-order valence-corrected chi connectivity index (χ3v) is 3.89. The number of hydrogen-bond acceptors (Lipinski definition) is 3. The Balaban J connectivity index is 2.09. The predicted octanol–water partition coefficient (Wildman–Crippen LogP) is 1.13. The molecule has 1 atom stereocenters. The number of halogens is 1. The zero-order valence-electron chi connectivity index (χ0n) is 11.3. The zero-order valence-corrected chi connectivity index (χ0v) is 11.3. The molecule has 1 aliphatic rings. The van der Waals surface area contributed by atoms with Crippen LogP contribution in [0.1, 0.15) is 31.7 Å². The summed E-state index contributed by atoms with van der Waals surface area (Å²) in [5.74, 6) is 0.317. The minimum atomic E-state index is -1.61. The Bertz CT molecular complexity index is 428. The highest BCUT2D eigenvalue weighted by Gasteiger charge is 2.20. The number of rotatable bonds is 3. The Hall–Kier alpha value is -0.905. The van der Waals surface area contributed by atoms with Crippen LogP contribution in [0.2, 0.25) is 0 Å². The molecule has 0 amide bonds. The summed E-state index contributed by atoms with van der Waals surface area (Å²) in [4.78, 5) is 2.31. The van der Waals surface area contributed by atoms with Gasteiger partial charge in [0.05, 0.1) is 0 Å². The Morgan fingerprint density at radius 3 is 2.84 bits per heavy atom. The first-order chi connectivity index (χ1) is 9.06. The zero-order chi connectivity index (χ0) is 13.8. The van der Waals surface area contributed by atoms with Crippen molar-refractivity contribution in [2.24, 2.45) is 5.92 Å². The van der Waals surface area contributed by atoms with Crippen LogP contribution in [0.25, 0.3) is 0 Å². The standard InChI is InChI=1S/C14H21BFNO2/c1-11-3-2-7-17(8-6-11)10-12-4-5-13(16)9-14(12)15(18)19/h4-5,9,11,18-19H,2-3,6-8,10H2,1H3. The quantitative estimate of drug-likeness (QED) is 0.805. The van der Waals surface area contributed by atoms with Crippen LogP contribution in [-0.2, 0) is 6.54 Å². The van der Waals surface area contributed by atoms with Gasteiger partial charge in [-0.15, -0.1) is 0 Å². The molecule has 0 aromatic heterocycles. The molecule has 0 radical (unpaired) electrons. The first-order valence-corrected chi connectivity index (χ1v) is 6.93. The van der Waals surface area contributed by atoms with E-state index in [1.54, 1.807) is 6.07 Å². The number of hydrogen-bond donors (Lipinski definition) is 2. The molecule has 19 heavy (non-hydrogen) atoms. The van der Waals surface area contributed by atoms with Crippen molar-refractivity contribution in [2.45, 2.75) is 32.7 Å². The molecule has 2 N–H and O–H groups in total. The van der Waals surface area contributed by atoms with Gasteiger partial charge in [-0.2, -0.15) is 0 Å². The van der Waals surface area contributed by atoms with Crippen molar-refractivity contribution in [1.29, 1.82) is 0 Å². The van der Waals surface area contributed by atoms with Gasteiger partial charge in [0.25, 0.3) is 0 Å². The predicted molar refractivity (Wildman–Crippen MR) is 74.5 cm³/mol. The van der Waals surface area contributed by atoms with Gasteiger partial charge in [-0.3, -0.25) is 4.90 Å². The Labute approximate surface area is 114 Å². The summed E-state index contributed by atoms with van der Waals surface area (Å²) in [5, 5.41) is 18.7. The molecule has 0 spiro atoms. The molecule has 0 saturated carbocycles. The second-order valence-electron chi connectivity index (χ2n) is 5.53. The van der Waals surface area contributed by atoms with Gasteiger partial charge in [-0.05, 0) is 61.4 Å². The molecular formula is C14H21BFNO2. The average Bonchev–Trinajstić information content (AvgIpc) is 2.56. The van der Waals surface area contributed by atoms with Crippen molar-refractivity contribution >= 4 is 12.6 Å². The summed E-state index contributed by atoms with van der Waals surface area (Å²) in [6, 6.07) is 4.24. The first-order valence-electron chi connectivity index (χ1n) is 6.93. The largest absolute Gasteiger partial charge is 0.488 e. The highest BCUT2D eigenvalue weighted by molar-refractivity contribution is 6.59. The molecule has 1 heterocycles. The lowest BCUT2D eigenvalue weighted by Gasteiger charge is -2.21. The molecule has 1 aromatic carbocycles. The third-order valence-electron chi connectivity index (χ3n) is 3.89. The van der Waals surface area contributed by atoms with Crippen LogP contribution in [-0.4, -0.2) is 35.2 Å². The summed E-state index contributed by atoms with van der Waals surface area (Å²) in [5.41, 5.74) is 1.07. The van der Waals surface area contributed by atoms with Crippen molar-refractivity contribution in [1.82, 2.24) is 4.90 Å². The van der Waals surface area contributed by atoms with E-state index in [9.17, 15) is 14.4 Å². The second-order valence-corrected chi connectivity index (χ2v) is 5.53. The molecule has 1 aliphatic heterocycles. The Morgan fingerprint density at radius 1 is 1.32 bits per heavy atom. The van der Waals surface area contributed by atoms with E-state index in [0.717, 1.165) is 31.0 Å². The molecule has 1 aromatic rings. The maximum absolute atomic E-state index is 13.2. The van der Waals surface area contributed by atoms with Crippen LogP contribution in [0.15, 0.2) is 18.2 Å². The van der Waals surface area contributed by atoms with E-state index in [2.05, 4.69) is 11.8 Å². The van der Waals surface area contributed by atoms with Gasteiger partial charge in [0.2, 0.25) is 0 Å². The van der Waals surface area contributed by atoms with Gasteiger partial charge in [0.15, 0.2) is 0 Å². The summed E-state index contributed by atoms with van der Waals surface area (Å²) < 4.78 is 13.2. The van der Waals surface area contributed by atoms with E-state index in [1.807, 2.05) is 0 Å². The lowest BCUT2D eigenvalue weighted by atomic mass is 9.77. The van der Waals surface area contributed by atoms with Crippen molar-refractivity contribution in [3.63, 3.8) is 0 Å². The lowest BCUT2D eigenvalue weighted by Crippen LogP contribution is -2.36. The van der Waals surface area contributed by atoms with Gasteiger partial charge in [-0.25, -0.2) is 4.39 Å². The summed E-state index contributed by atoms with van der Waals surface area (Å²) in [7, 11) is -1.61. The normalized spacial score (nSPS) is 21.2. The van der Waals surface area contributed by atoms with E-state index in [1.165, 1.54) is 25.0 Å². The fourth-order valence-electron chi connectivity index (χ4n) is 2.67. The molecule has 0 aliphatic carbocycles. The topological polar surface area (TPSA) is 43.7 Å². The Kier molecular flexibility index (Phi) is 4.96. The van der Waals surface area contributed by atoms with Gasteiger partial charge < -0.3 is 10.0 Å². The highest BCUT2D eigenvalue weighted by atomic mass is 19.1. The van der Waals surface area contributed by atoms with Crippen LogP contribution >= 0.6 is 0 Å². The molecule has 0 bridgehead atoms. The maximum atomic E-state index is 13.2. The van der Waals surface area contributed by atoms with Gasteiger partial charge in [0.1, 0.15) is 5.82 Å². The molecule has 1 unspecified atom stereocenters. The monoisotopic (exact) mass is 265 g/mol. The van der Waals surface area contributed by atoms with Crippen LogP contribution in [0, 0.1) is 11.7 Å². The first kappa shape index (κ1) is 14.5. The molecule has 1 fully saturated rings. The molecule has 5 heteroatoms. The van der Waals surface area contributed by atoms with Crippen LogP contribution in [0.4, 0.5) is 4.39 Å². The Morgan fingerprint density at radius 2 is 2.11 bits per heavy atom. The molecule has 2 rings (SSSR count). The summed E-state index contributed by atoms with van der Waals surface area (Å²) in [6.07, 6.45) is 3.58. The smallest absolute Gasteiger partial charge is 0.423 e. The fourth-order valence-corrected chi connectivity index (χ4v) is 2.67. The molecule has 1 saturated heterocycles. The van der Waals surface area contributed by atoms with Crippen LogP contribution in [0.3, 0.4) is 0 Å². The summed E-state index contributed by atoms with van der Waals surface area (Å²) >= 11 is 0. The summed E-state index contributed by atoms with van der Waals surface area (Å²) in [6.45, 7) is 4.95. The number of benzene rings is 1. The lowest BCUT2D eigenvalue weighted by molar-refractivity contribution is 0.274. The highest BCUT2D eigenvalue weighted by Crippen LogP contribution is 2.18. The molecular weight excluding hydrogens is 244 g/mol. The van der Waals surface area contributed by atoms with Gasteiger partial charge in [-0.1, -0.05) is 13.0 Å². The average molecular weight is 265 g/mol. The van der Waals surface area contributed by atoms with Crippen LogP contribution in [0.5, 0.6) is 0 Å². The van der Waals surface area contributed by atoms with Crippen LogP contribution < -0.4 is 5.46 Å². The SMILES string of the molecule is CC1CCCN(Cc2ccc(F)cc2B(O)O)CC1.